The van der Waals surface area contributed by atoms with Crippen molar-refractivity contribution in [3.8, 4) is 5.75 Å². The zero-order valence-corrected chi connectivity index (χ0v) is 8.27. The molecule has 0 fully saturated rings. The lowest BCUT2D eigenvalue weighted by molar-refractivity contribution is -0.376. The summed E-state index contributed by atoms with van der Waals surface area (Å²) in [6.07, 6.45) is -12.2. The van der Waals surface area contributed by atoms with Gasteiger partial charge in [-0.2, -0.15) is 26.3 Å². The lowest BCUT2D eigenvalue weighted by Crippen LogP contribution is -2.53. The maximum Gasteiger partial charge on any atom is 0.430 e. The lowest BCUT2D eigenvalue weighted by Gasteiger charge is -2.32. The summed E-state index contributed by atoms with van der Waals surface area (Å²) < 4.78 is 87.0. The van der Waals surface area contributed by atoms with E-state index < -0.39 is 35.1 Å². The van der Waals surface area contributed by atoms with Crippen LogP contribution in [0.1, 0.15) is 5.56 Å². The molecule has 0 bridgehead atoms. The average molecular weight is 278 g/mol. The van der Waals surface area contributed by atoms with Crippen molar-refractivity contribution >= 4 is 0 Å². The molecule has 1 aromatic rings. The Balaban J connectivity index is 3.51. The van der Waals surface area contributed by atoms with Gasteiger partial charge >= 0.3 is 12.4 Å². The highest BCUT2D eigenvalue weighted by Gasteiger charge is 2.71. The molecule has 0 amide bonds. The summed E-state index contributed by atoms with van der Waals surface area (Å²) >= 11 is 0. The predicted octanol–water partition coefficient (Wildman–Crippen LogP) is 2.84. The van der Waals surface area contributed by atoms with Crippen LogP contribution in [0.4, 0.5) is 30.7 Å². The number of alkyl halides is 6. The number of benzene rings is 1. The second-order valence-corrected chi connectivity index (χ2v) is 3.37. The first kappa shape index (κ1) is 14.6. The Kier molecular flexibility index (Phi) is 3.24. The molecule has 2 N–H and O–H groups in total. The van der Waals surface area contributed by atoms with E-state index in [4.69, 9.17) is 10.2 Å². The molecule has 18 heavy (non-hydrogen) atoms. The molecule has 0 heterocycles. The predicted molar refractivity (Wildman–Crippen MR) is 44.1 cm³/mol. The summed E-state index contributed by atoms with van der Waals surface area (Å²) in [7, 11) is 0. The van der Waals surface area contributed by atoms with Gasteiger partial charge in [0.15, 0.2) is 11.6 Å². The summed E-state index contributed by atoms with van der Waals surface area (Å²) in [6.45, 7) is 0. The van der Waals surface area contributed by atoms with Gasteiger partial charge in [0.25, 0.3) is 5.60 Å². The second kappa shape index (κ2) is 4.01. The van der Waals surface area contributed by atoms with Gasteiger partial charge in [-0.25, -0.2) is 4.39 Å². The standard InChI is InChI=1S/C9H5F7O2/c10-5-3-4(1-2-6(5)17)7(18,8(11,12)13)9(14,15)16/h1-3,17-18H. The van der Waals surface area contributed by atoms with Crippen LogP contribution in [0.15, 0.2) is 18.2 Å². The van der Waals surface area contributed by atoms with E-state index in [2.05, 4.69) is 0 Å². The summed E-state index contributed by atoms with van der Waals surface area (Å²) in [5, 5.41) is 17.6. The third-order valence-corrected chi connectivity index (χ3v) is 2.19. The number of aliphatic hydroxyl groups is 1. The fourth-order valence-electron chi connectivity index (χ4n) is 1.22. The number of phenolic OH excluding ortho intramolecular Hbond substituents is 1. The smallest absolute Gasteiger partial charge is 0.430 e. The van der Waals surface area contributed by atoms with Crippen LogP contribution in [-0.2, 0) is 5.60 Å². The van der Waals surface area contributed by atoms with Gasteiger partial charge in [0.2, 0.25) is 0 Å². The molecule has 0 aromatic heterocycles. The number of halogens is 7. The molecular formula is C9H5F7O2. The molecule has 0 spiro atoms. The van der Waals surface area contributed by atoms with E-state index >= 15 is 0 Å². The SMILES string of the molecule is Oc1ccc(C(O)(C(F)(F)F)C(F)(F)F)cc1F. The van der Waals surface area contributed by atoms with E-state index in [1.165, 1.54) is 0 Å². The molecular weight excluding hydrogens is 273 g/mol. The maximum atomic E-state index is 12.8. The largest absolute Gasteiger partial charge is 0.505 e. The van der Waals surface area contributed by atoms with Crippen LogP contribution in [-0.4, -0.2) is 22.6 Å². The van der Waals surface area contributed by atoms with Crippen LogP contribution in [0.5, 0.6) is 5.75 Å². The third-order valence-electron chi connectivity index (χ3n) is 2.19. The fraction of sp³-hybridized carbons (Fsp3) is 0.333. The zero-order valence-electron chi connectivity index (χ0n) is 8.27. The number of hydrogen-bond acceptors (Lipinski definition) is 2. The summed E-state index contributed by atoms with van der Waals surface area (Å²) in [5.74, 6) is -2.84. The summed E-state index contributed by atoms with van der Waals surface area (Å²) in [4.78, 5) is 0. The van der Waals surface area contributed by atoms with Gasteiger partial charge in [-0.15, -0.1) is 0 Å². The van der Waals surface area contributed by atoms with Crippen LogP contribution in [0.3, 0.4) is 0 Å². The quantitative estimate of drug-likeness (QED) is 0.775. The summed E-state index contributed by atoms with van der Waals surface area (Å²) in [6, 6.07) is 0.197. The van der Waals surface area contributed by atoms with Crippen LogP contribution in [0.2, 0.25) is 0 Å². The van der Waals surface area contributed by atoms with Crippen molar-refractivity contribution in [3.05, 3.63) is 29.6 Å². The highest BCUT2D eigenvalue weighted by molar-refractivity contribution is 5.33. The van der Waals surface area contributed by atoms with Crippen molar-refractivity contribution in [3.63, 3.8) is 0 Å². The van der Waals surface area contributed by atoms with Gasteiger partial charge in [-0.05, 0) is 12.1 Å². The van der Waals surface area contributed by atoms with E-state index in [-0.39, 0.29) is 18.2 Å². The highest BCUT2D eigenvalue weighted by Crippen LogP contribution is 2.50. The van der Waals surface area contributed by atoms with Crippen molar-refractivity contribution in [2.45, 2.75) is 18.0 Å². The number of hydrogen-bond donors (Lipinski definition) is 2. The summed E-state index contributed by atoms with van der Waals surface area (Å²) in [5.41, 5.74) is -6.97. The molecule has 0 aliphatic heterocycles. The zero-order chi connectivity index (χ0) is 14.4. The minimum absolute atomic E-state index is 0.138. The highest BCUT2D eigenvalue weighted by atomic mass is 19.4. The molecule has 1 rings (SSSR count). The van der Waals surface area contributed by atoms with Crippen LogP contribution in [0, 0.1) is 5.82 Å². The minimum Gasteiger partial charge on any atom is -0.505 e. The van der Waals surface area contributed by atoms with Crippen molar-refractivity contribution < 1.29 is 40.9 Å². The Labute approximate surface area is 95.3 Å². The van der Waals surface area contributed by atoms with Gasteiger partial charge in [0, 0.05) is 5.56 Å². The van der Waals surface area contributed by atoms with E-state index in [0.717, 1.165) is 0 Å². The monoisotopic (exact) mass is 278 g/mol. The first-order chi connectivity index (χ1) is 7.91. The van der Waals surface area contributed by atoms with E-state index in [0.29, 0.717) is 0 Å². The molecule has 0 atom stereocenters. The molecule has 1 aromatic carbocycles. The second-order valence-electron chi connectivity index (χ2n) is 3.37. The molecule has 2 nitrogen and oxygen atoms in total. The van der Waals surface area contributed by atoms with Crippen LogP contribution < -0.4 is 0 Å². The fourth-order valence-corrected chi connectivity index (χ4v) is 1.22. The molecule has 102 valence electrons. The lowest BCUT2D eigenvalue weighted by atomic mass is 9.92. The molecule has 0 saturated heterocycles. The van der Waals surface area contributed by atoms with Crippen molar-refractivity contribution in [2.75, 3.05) is 0 Å². The van der Waals surface area contributed by atoms with Crippen molar-refractivity contribution in [1.82, 2.24) is 0 Å². The minimum atomic E-state index is -6.09. The van der Waals surface area contributed by atoms with Crippen LogP contribution >= 0.6 is 0 Å². The van der Waals surface area contributed by atoms with Gasteiger partial charge in [-0.1, -0.05) is 6.07 Å². The number of rotatable bonds is 1. The normalized spacial score (nSPS) is 13.8. The average Bonchev–Trinajstić information content (AvgIpc) is 2.17. The van der Waals surface area contributed by atoms with Gasteiger partial charge < -0.3 is 10.2 Å². The van der Waals surface area contributed by atoms with E-state index in [1.807, 2.05) is 0 Å². The molecule has 0 aliphatic rings. The van der Waals surface area contributed by atoms with Crippen molar-refractivity contribution in [1.29, 1.82) is 0 Å². The van der Waals surface area contributed by atoms with Gasteiger partial charge in [0.1, 0.15) is 0 Å². The molecule has 0 unspecified atom stereocenters. The van der Waals surface area contributed by atoms with E-state index in [9.17, 15) is 30.7 Å². The number of aromatic hydroxyl groups is 1. The molecule has 0 saturated carbocycles. The Morgan fingerprint density at radius 2 is 1.33 bits per heavy atom. The Morgan fingerprint density at radius 1 is 0.889 bits per heavy atom. The Hall–Kier alpha value is -1.51. The molecule has 9 heteroatoms. The first-order valence-electron chi connectivity index (χ1n) is 4.26. The Morgan fingerprint density at radius 3 is 1.67 bits per heavy atom. The topological polar surface area (TPSA) is 40.5 Å². The van der Waals surface area contributed by atoms with Crippen molar-refractivity contribution in [2.24, 2.45) is 0 Å². The maximum absolute atomic E-state index is 12.8. The van der Waals surface area contributed by atoms with E-state index in [1.54, 1.807) is 0 Å². The van der Waals surface area contributed by atoms with Gasteiger partial charge in [-0.3, -0.25) is 0 Å². The number of phenols is 1. The molecule has 0 aliphatic carbocycles. The van der Waals surface area contributed by atoms with Gasteiger partial charge in [0.05, 0.1) is 0 Å². The molecule has 0 radical (unpaired) electrons. The first-order valence-corrected chi connectivity index (χ1v) is 4.26. The van der Waals surface area contributed by atoms with Crippen LogP contribution in [0.25, 0.3) is 0 Å². The third kappa shape index (κ3) is 2.09. The Bertz CT molecular complexity index is 435.